The van der Waals surface area contributed by atoms with Gasteiger partial charge in [-0.1, -0.05) is 40.9 Å². The van der Waals surface area contributed by atoms with Crippen LogP contribution < -0.4 is 10.6 Å². The molecule has 3 rings (SSSR count). The summed E-state index contributed by atoms with van der Waals surface area (Å²) < 4.78 is 43.4. The second-order valence-corrected chi connectivity index (χ2v) is 7.16. The van der Waals surface area contributed by atoms with Crippen molar-refractivity contribution in [2.45, 2.75) is 11.8 Å². The van der Waals surface area contributed by atoms with Crippen LogP contribution in [0.4, 0.5) is 19.1 Å². The van der Waals surface area contributed by atoms with Crippen LogP contribution in [0.1, 0.15) is 10.5 Å². The molecule has 1 unspecified atom stereocenters. The zero-order chi connectivity index (χ0) is 22.3. The number of carbonyl (C=O) groups is 2. The Bertz CT molecular complexity index is 1150. The van der Waals surface area contributed by atoms with Crippen LogP contribution >= 0.6 is 34.8 Å². The van der Waals surface area contributed by atoms with Crippen molar-refractivity contribution in [2.24, 2.45) is 0 Å². The van der Waals surface area contributed by atoms with E-state index < -0.39 is 29.7 Å². The molecule has 2 N–H and O–H groups in total. The quantitative estimate of drug-likeness (QED) is 0.420. The molecule has 0 spiro atoms. The fourth-order valence-electron chi connectivity index (χ4n) is 2.77. The molecule has 0 aliphatic rings. The first kappa shape index (κ1) is 22.1. The van der Waals surface area contributed by atoms with E-state index in [1.165, 1.54) is 25.2 Å². The number of pyridine rings is 1. The van der Waals surface area contributed by atoms with Crippen LogP contribution in [0, 0.1) is 0 Å². The molecule has 13 heteroatoms. The van der Waals surface area contributed by atoms with E-state index in [2.05, 4.69) is 15.3 Å². The highest BCUT2D eigenvalue weighted by Gasteiger charge is 2.60. The number of carbonyl (C=O) groups excluding carboxylic acids is 2. The lowest BCUT2D eigenvalue weighted by molar-refractivity contribution is -0.211. The van der Waals surface area contributed by atoms with Gasteiger partial charge in [-0.2, -0.15) is 13.2 Å². The zero-order valence-electron chi connectivity index (χ0n) is 14.9. The number of anilines is 1. The lowest BCUT2D eigenvalue weighted by Crippen LogP contribution is -2.61. The van der Waals surface area contributed by atoms with Gasteiger partial charge < -0.3 is 10.6 Å². The molecular formula is C17H11Cl3F3N5O2. The van der Waals surface area contributed by atoms with Gasteiger partial charge in [-0.25, -0.2) is 9.97 Å². The normalized spacial score (nSPS) is 13.7. The maximum Gasteiger partial charge on any atom is 0.438 e. The Hall–Kier alpha value is -2.56. The van der Waals surface area contributed by atoms with E-state index in [0.717, 1.165) is 12.1 Å². The minimum absolute atomic E-state index is 0.0133. The number of hydrogen-bond donors (Lipinski definition) is 2. The molecule has 1 atom stereocenters. The molecule has 30 heavy (non-hydrogen) atoms. The third kappa shape index (κ3) is 3.66. The number of nitrogens with one attached hydrogen (secondary N) is 2. The highest BCUT2D eigenvalue weighted by Crippen LogP contribution is 2.40. The standard InChI is InChI=1S/C17H11Cl3F3N5O2/c1-24-15-26-11-5-8(18)9(19)6-12(11)28(15)16(7-29,17(21,22)23)27-14(30)10-3-2-4-13(20)25-10/h2-7H,1H3,(H,24,26)(H,27,30). The van der Waals surface area contributed by atoms with Crippen molar-refractivity contribution in [3.8, 4) is 0 Å². The van der Waals surface area contributed by atoms with Gasteiger partial charge in [0.1, 0.15) is 10.8 Å². The van der Waals surface area contributed by atoms with Gasteiger partial charge in [0.05, 0.1) is 21.1 Å². The van der Waals surface area contributed by atoms with Crippen LogP contribution in [0.15, 0.2) is 30.3 Å². The number of halogens is 6. The third-order valence-corrected chi connectivity index (χ3v) is 5.06. The summed E-state index contributed by atoms with van der Waals surface area (Å²) in [5.74, 6) is -1.65. The molecular weight excluding hydrogens is 470 g/mol. The lowest BCUT2D eigenvalue weighted by Gasteiger charge is -2.34. The Morgan fingerprint density at radius 2 is 1.80 bits per heavy atom. The van der Waals surface area contributed by atoms with Gasteiger partial charge in [-0.05, 0) is 24.3 Å². The van der Waals surface area contributed by atoms with Crippen molar-refractivity contribution in [1.82, 2.24) is 19.9 Å². The molecule has 0 radical (unpaired) electrons. The van der Waals surface area contributed by atoms with E-state index in [1.54, 1.807) is 5.32 Å². The number of benzene rings is 1. The SMILES string of the molecule is CNc1nc2cc(Cl)c(Cl)cc2n1C(C=O)(NC(=O)c1cccc(Cl)n1)C(F)(F)F. The zero-order valence-corrected chi connectivity index (χ0v) is 17.2. The molecule has 1 amide bonds. The number of imidazole rings is 1. The Kier molecular flexibility index (Phi) is 5.85. The molecule has 0 aliphatic carbocycles. The van der Waals surface area contributed by atoms with E-state index in [-0.39, 0.29) is 32.2 Å². The van der Waals surface area contributed by atoms with E-state index in [9.17, 15) is 22.8 Å². The van der Waals surface area contributed by atoms with Crippen LogP contribution in [-0.4, -0.2) is 40.0 Å². The first-order valence-electron chi connectivity index (χ1n) is 8.08. The number of alkyl halides is 3. The van der Waals surface area contributed by atoms with Crippen molar-refractivity contribution in [3.05, 3.63) is 51.2 Å². The molecule has 0 aliphatic heterocycles. The summed E-state index contributed by atoms with van der Waals surface area (Å²) in [5, 5.41) is 4.06. The molecule has 0 bridgehead atoms. The number of rotatable bonds is 5. The Morgan fingerprint density at radius 3 is 2.37 bits per heavy atom. The van der Waals surface area contributed by atoms with Crippen LogP contribution in [0.2, 0.25) is 15.2 Å². The molecule has 3 aromatic rings. The van der Waals surface area contributed by atoms with Gasteiger partial charge in [0.2, 0.25) is 5.95 Å². The van der Waals surface area contributed by atoms with E-state index in [0.29, 0.717) is 4.57 Å². The van der Waals surface area contributed by atoms with Gasteiger partial charge >= 0.3 is 6.18 Å². The summed E-state index contributed by atoms with van der Waals surface area (Å²) in [5.41, 5.74) is -4.15. The minimum Gasteiger partial charge on any atom is -0.359 e. The van der Waals surface area contributed by atoms with Gasteiger partial charge in [-0.15, -0.1) is 0 Å². The fraction of sp³-hybridized carbons (Fsp3) is 0.176. The smallest absolute Gasteiger partial charge is 0.359 e. The highest BCUT2D eigenvalue weighted by atomic mass is 35.5. The molecule has 1 aromatic carbocycles. The van der Waals surface area contributed by atoms with Crippen LogP contribution in [0.5, 0.6) is 0 Å². The maximum absolute atomic E-state index is 14.3. The number of aldehydes is 1. The molecule has 0 saturated carbocycles. The third-order valence-electron chi connectivity index (χ3n) is 4.13. The van der Waals surface area contributed by atoms with Gasteiger partial charge in [0.15, 0.2) is 6.29 Å². The fourth-order valence-corrected chi connectivity index (χ4v) is 3.25. The molecule has 158 valence electrons. The Labute approximate surface area is 182 Å². The minimum atomic E-state index is -5.28. The average molecular weight is 481 g/mol. The van der Waals surface area contributed by atoms with Crippen molar-refractivity contribution in [1.29, 1.82) is 0 Å². The molecule has 7 nitrogen and oxygen atoms in total. The summed E-state index contributed by atoms with van der Waals surface area (Å²) in [6, 6.07) is 6.16. The summed E-state index contributed by atoms with van der Waals surface area (Å²) in [7, 11) is 1.30. The van der Waals surface area contributed by atoms with Crippen LogP contribution in [0.25, 0.3) is 11.0 Å². The monoisotopic (exact) mass is 479 g/mol. The van der Waals surface area contributed by atoms with Crippen molar-refractivity contribution in [3.63, 3.8) is 0 Å². The summed E-state index contributed by atoms with van der Waals surface area (Å²) >= 11 is 17.6. The van der Waals surface area contributed by atoms with Crippen LogP contribution in [-0.2, 0) is 10.5 Å². The number of hydrogen-bond acceptors (Lipinski definition) is 5. The second kappa shape index (κ2) is 7.93. The first-order chi connectivity index (χ1) is 14.0. The Morgan fingerprint density at radius 1 is 1.13 bits per heavy atom. The van der Waals surface area contributed by atoms with Gasteiger partial charge in [0, 0.05) is 7.05 Å². The van der Waals surface area contributed by atoms with Crippen molar-refractivity contribution < 1.29 is 22.8 Å². The topological polar surface area (TPSA) is 88.9 Å². The van der Waals surface area contributed by atoms with E-state index >= 15 is 0 Å². The van der Waals surface area contributed by atoms with E-state index in [1.807, 2.05) is 0 Å². The second-order valence-electron chi connectivity index (χ2n) is 5.96. The number of fused-ring (bicyclic) bond motifs is 1. The first-order valence-corrected chi connectivity index (χ1v) is 9.21. The number of aromatic nitrogens is 3. The van der Waals surface area contributed by atoms with E-state index in [4.69, 9.17) is 34.8 Å². The van der Waals surface area contributed by atoms with Gasteiger partial charge in [-0.3, -0.25) is 14.2 Å². The Balaban J connectivity index is 2.28. The highest BCUT2D eigenvalue weighted by molar-refractivity contribution is 6.42. The van der Waals surface area contributed by atoms with Gasteiger partial charge in [0.25, 0.3) is 11.6 Å². The number of nitrogens with zero attached hydrogens (tertiary/aromatic N) is 3. The predicted octanol–water partition coefficient (Wildman–Crippen LogP) is 4.28. The lowest BCUT2D eigenvalue weighted by atomic mass is 10.1. The van der Waals surface area contributed by atoms with Crippen molar-refractivity contribution in [2.75, 3.05) is 12.4 Å². The van der Waals surface area contributed by atoms with Crippen molar-refractivity contribution >= 4 is 64.0 Å². The molecule has 0 saturated heterocycles. The summed E-state index contributed by atoms with van der Waals surface area (Å²) in [4.78, 5) is 32.2. The number of amides is 1. The summed E-state index contributed by atoms with van der Waals surface area (Å²) in [6.45, 7) is 0. The summed E-state index contributed by atoms with van der Waals surface area (Å²) in [6.07, 6.45) is -5.73. The average Bonchev–Trinajstić information content (AvgIpc) is 3.03. The molecule has 2 aromatic heterocycles. The molecule has 0 fully saturated rings. The largest absolute Gasteiger partial charge is 0.438 e. The molecule has 2 heterocycles. The predicted molar refractivity (Wildman–Crippen MR) is 106 cm³/mol. The maximum atomic E-state index is 14.3. The van der Waals surface area contributed by atoms with Crippen LogP contribution in [0.3, 0.4) is 0 Å².